The Morgan fingerprint density at radius 1 is 0.682 bits per heavy atom. The van der Waals surface area contributed by atoms with Crippen LogP contribution in [-0.2, 0) is 13.0 Å². The maximum atomic E-state index is 10.1. The van der Waals surface area contributed by atoms with E-state index in [1.807, 2.05) is 74.5 Å². The molecule has 0 aliphatic rings. The van der Waals surface area contributed by atoms with Gasteiger partial charge in [-0.25, -0.2) is 9.97 Å². The van der Waals surface area contributed by atoms with Crippen molar-refractivity contribution in [3.8, 4) is 45.4 Å². The van der Waals surface area contributed by atoms with Gasteiger partial charge in [0.15, 0.2) is 0 Å². The van der Waals surface area contributed by atoms with E-state index in [1.54, 1.807) is 28.1 Å². The van der Waals surface area contributed by atoms with Crippen LogP contribution in [0.2, 0.25) is 10.0 Å². The van der Waals surface area contributed by atoms with Crippen LogP contribution >= 0.6 is 23.2 Å². The molecule has 2 heterocycles. The number of methoxy groups -OCH3 is 2. The van der Waals surface area contributed by atoms with Gasteiger partial charge in [0, 0.05) is 46.5 Å². The molecule has 7 nitrogen and oxygen atoms in total. The van der Waals surface area contributed by atoms with Crippen molar-refractivity contribution in [2.75, 3.05) is 20.8 Å². The highest BCUT2D eigenvalue weighted by Gasteiger charge is 2.19. The molecule has 4 rings (SSSR count). The number of nitrogens with one attached hydrogen (secondary N) is 1. The normalized spacial score (nSPS) is 12.0. The highest BCUT2D eigenvalue weighted by Crippen LogP contribution is 2.42. The Labute approximate surface area is 270 Å². The second-order valence-corrected chi connectivity index (χ2v) is 12.9. The predicted octanol–water partition coefficient (Wildman–Crippen LogP) is 7.76. The number of benzene rings is 2. The van der Waals surface area contributed by atoms with Crippen LogP contribution in [0.1, 0.15) is 51.7 Å². The number of halogens is 2. The third-order valence-corrected chi connectivity index (χ3v) is 8.03. The Morgan fingerprint density at radius 2 is 1.16 bits per heavy atom. The van der Waals surface area contributed by atoms with Crippen molar-refractivity contribution in [2.45, 2.75) is 64.7 Å². The lowest BCUT2D eigenvalue weighted by molar-refractivity contribution is 0.0688. The fourth-order valence-corrected chi connectivity index (χ4v) is 5.66. The number of aryl methyl sites for hydroxylation is 1. The van der Waals surface area contributed by atoms with E-state index in [-0.39, 0.29) is 0 Å². The molecule has 0 spiro atoms. The predicted molar refractivity (Wildman–Crippen MR) is 179 cm³/mol. The Kier molecular flexibility index (Phi) is 10.9. The van der Waals surface area contributed by atoms with Gasteiger partial charge in [0.25, 0.3) is 0 Å². The molecule has 0 aliphatic carbocycles. The van der Waals surface area contributed by atoms with Crippen molar-refractivity contribution in [1.82, 2.24) is 15.3 Å². The molecule has 0 bridgehead atoms. The summed E-state index contributed by atoms with van der Waals surface area (Å²) in [6, 6.07) is 19.4. The van der Waals surface area contributed by atoms with Crippen LogP contribution in [0.5, 0.6) is 11.8 Å². The van der Waals surface area contributed by atoms with Gasteiger partial charge in [-0.15, -0.1) is 0 Å². The van der Waals surface area contributed by atoms with Crippen LogP contribution in [0.25, 0.3) is 33.6 Å². The zero-order valence-corrected chi connectivity index (χ0v) is 27.7. The average Bonchev–Trinajstić information content (AvgIpc) is 2.97. The molecule has 2 aromatic carbocycles. The van der Waals surface area contributed by atoms with Gasteiger partial charge in [-0.05, 0) is 59.1 Å². The standard InChI is InChI=1S/C35H41Cl2N3O4/c1-34(2,41)19-9-10-22-15-17-28(39-32(22)43-5)26-13-7-11-24(30(26)36)25-12-8-14-27(31(25)37)29-18-16-23(33(40-29)44-6)20-38-21-35(3,4)42/h7-8,11-18,38,41-42H,9-10,19-21H2,1-6H3. The van der Waals surface area contributed by atoms with Gasteiger partial charge in [0.2, 0.25) is 11.8 Å². The smallest absolute Gasteiger partial charge is 0.218 e. The third-order valence-electron chi connectivity index (χ3n) is 7.21. The molecule has 0 saturated carbocycles. The topological polar surface area (TPSA) is 96.7 Å². The first-order valence-corrected chi connectivity index (χ1v) is 15.4. The maximum Gasteiger partial charge on any atom is 0.218 e. The lowest BCUT2D eigenvalue weighted by Gasteiger charge is -2.18. The van der Waals surface area contributed by atoms with Gasteiger partial charge in [0.1, 0.15) is 0 Å². The molecule has 0 radical (unpaired) electrons. The summed E-state index contributed by atoms with van der Waals surface area (Å²) in [6.45, 7) is 8.06. The molecule has 4 aromatic rings. The molecular weight excluding hydrogens is 597 g/mol. The van der Waals surface area contributed by atoms with Gasteiger partial charge in [0.05, 0.1) is 46.9 Å². The van der Waals surface area contributed by atoms with Crippen molar-refractivity contribution in [2.24, 2.45) is 0 Å². The van der Waals surface area contributed by atoms with Gasteiger partial charge < -0.3 is 25.0 Å². The summed E-state index contributed by atoms with van der Waals surface area (Å²) in [5.41, 5.74) is 4.70. The van der Waals surface area contributed by atoms with E-state index in [0.29, 0.717) is 52.7 Å². The number of rotatable bonds is 13. The number of nitrogens with zero attached hydrogens (tertiary/aromatic N) is 2. The summed E-state index contributed by atoms with van der Waals surface area (Å²) in [6.07, 6.45) is 2.24. The van der Waals surface area contributed by atoms with E-state index >= 15 is 0 Å². The second kappa shape index (κ2) is 14.3. The average molecular weight is 639 g/mol. The number of aliphatic hydroxyl groups is 2. The van der Waals surface area contributed by atoms with Gasteiger partial charge in [-0.2, -0.15) is 0 Å². The van der Waals surface area contributed by atoms with Crippen LogP contribution < -0.4 is 14.8 Å². The van der Waals surface area contributed by atoms with Crippen LogP contribution in [0.3, 0.4) is 0 Å². The molecule has 0 atom stereocenters. The number of aromatic nitrogens is 2. The monoisotopic (exact) mass is 637 g/mol. The minimum Gasteiger partial charge on any atom is -0.481 e. The molecule has 9 heteroatoms. The fourth-order valence-electron chi connectivity index (χ4n) is 5.01. The highest BCUT2D eigenvalue weighted by atomic mass is 35.5. The number of hydrogen-bond acceptors (Lipinski definition) is 7. The lowest BCUT2D eigenvalue weighted by Crippen LogP contribution is -2.34. The summed E-state index contributed by atoms with van der Waals surface area (Å²) in [7, 11) is 3.19. The van der Waals surface area contributed by atoms with E-state index in [4.69, 9.17) is 42.6 Å². The van der Waals surface area contributed by atoms with E-state index in [0.717, 1.165) is 46.2 Å². The Bertz CT molecular complexity index is 1480. The molecular formula is C35H41Cl2N3O4. The zero-order chi connectivity index (χ0) is 32.1. The molecule has 0 unspecified atom stereocenters. The van der Waals surface area contributed by atoms with Crippen molar-refractivity contribution < 1.29 is 19.7 Å². The van der Waals surface area contributed by atoms with Crippen LogP contribution in [0.15, 0.2) is 60.7 Å². The molecule has 234 valence electrons. The number of hydrogen-bond donors (Lipinski definition) is 3. The fraction of sp³-hybridized carbons (Fsp3) is 0.371. The van der Waals surface area contributed by atoms with Gasteiger partial charge >= 0.3 is 0 Å². The molecule has 2 aromatic heterocycles. The second-order valence-electron chi connectivity index (χ2n) is 12.1. The van der Waals surface area contributed by atoms with E-state index in [1.165, 1.54) is 0 Å². The first kappa shape index (κ1) is 33.7. The van der Waals surface area contributed by atoms with Crippen LogP contribution in [0.4, 0.5) is 0 Å². The first-order chi connectivity index (χ1) is 20.8. The maximum absolute atomic E-state index is 10.1. The molecule has 44 heavy (non-hydrogen) atoms. The van der Waals surface area contributed by atoms with Gasteiger partial charge in [-0.3, -0.25) is 0 Å². The van der Waals surface area contributed by atoms with Gasteiger partial charge in [-0.1, -0.05) is 71.7 Å². The molecule has 0 saturated heterocycles. The third kappa shape index (κ3) is 8.49. The zero-order valence-electron chi connectivity index (χ0n) is 26.2. The molecule has 3 N–H and O–H groups in total. The number of ether oxygens (including phenoxy) is 2. The molecule has 0 fully saturated rings. The van der Waals surface area contributed by atoms with Crippen LogP contribution in [0, 0.1) is 0 Å². The largest absolute Gasteiger partial charge is 0.481 e. The quantitative estimate of drug-likeness (QED) is 0.138. The van der Waals surface area contributed by atoms with Crippen LogP contribution in [-0.4, -0.2) is 52.1 Å². The Morgan fingerprint density at radius 3 is 1.64 bits per heavy atom. The molecule has 0 amide bonds. The summed E-state index contributed by atoms with van der Waals surface area (Å²) in [5.74, 6) is 1.02. The Balaban J connectivity index is 1.64. The SMILES string of the molecule is COc1nc(-c2cccc(-c3cccc(-c4ccc(CNCC(C)(C)O)c(OC)n4)c3Cl)c2Cl)ccc1CCCC(C)(C)O. The first-order valence-electron chi connectivity index (χ1n) is 14.6. The highest BCUT2D eigenvalue weighted by molar-refractivity contribution is 6.39. The minimum absolute atomic E-state index is 0.432. The summed E-state index contributed by atoms with van der Waals surface area (Å²) in [4.78, 5) is 9.52. The summed E-state index contributed by atoms with van der Waals surface area (Å²) in [5, 5.41) is 24.3. The van der Waals surface area contributed by atoms with E-state index < -0.39 is 11.2 Å². The van der Waals surface area contributed by atoms with E-state index in [2.05, 4.69) is 5.32 Å². The lowest BCUT2D eigenvalue weighted by atomic mass is 9.97. The Hall–Kier alpha value is -3.20. The summed E-state index contributed by atoms with van der Waals surface area (Å²) >= 11 is 14.1. The van der Waals surface area contributed by atoms with Crippen molar-refractivity contribution in [3.05, 3.63) is 81.8 Å². The van der Waals surface area contributed by atoms with Crippen molar-refractivity contribution >= 4 is 23.2 Å². The van der Waals surface area contributed by atoms with Crippen molar-refractivity contribution in [1.29, 1.82) is 0 Å². The minimum atomic E-state index is -0.822. The summed E-state index contributed by atoms with van der Waals surface area (Å²) < 4.78 is 11.2. The number of pyridine rings is 2. The van der Waals surface area contributed by atoms with E-state index in [9.17, 15) is 10.2 Å². The molecule has 0 aliphatic heterocycles. The van der Waals surface area contributed by atoms with Crippen molar-refractivity contribution in [3.63, 3.8) is 0 Å².